The number of rotatable bonds is 4. The molecule has 0 saturated carbocycles. The largest absolute Gasteiger partial charge is 0.383 e. The fourth-order valence-corrected chi connectivity index (χ4v) is 3.65. The molecule has 3 heterocycles. The third-order valence-electron chi connectivity index (χ3n) is 4.94. The zero-order valence-electron chi connectivity index (χ0n) is 13.5. The maximum atomic E-state index is 12.8. The molecule has 1 aromatic heterocycles. The molecule has 2 aliphatic rings. The van der Waals surface area contributed by atoms with Crippen molar-refractivity contribution < 1.29 is 9.53 Å². The first kappa shape index (κ1) is 15.8. The Kier molecular flexibility index (Phi) is 4.49. The zero-order valence-corrected chi connectivity index (χ0v) is 13.5. The Morgan fingerprint density at radius 3 is 2.96 bits per heavy atom. The highest BCUT2D eigenvalue weighted by atomic mass is 16.5. The van der Waals surface area contributed by atoms with Gasteiger partial charge in [-0.3, -0.25) is 4.79 Å². The number of pyridine rings is 1. The first-order chi connectivity index (χ1) is 11.2. The van der Waals surface area contributed by atoms with E-state index < -0.39 is 0 Å². The highest BCUT2D eigenvalue weighted by molar-refractivity contribution is 5.85. The lowest BCUT2D eigenvalue weighted by Gasteiger charge is -2.39. The van der Waals surface area contributed by atoms with E-state index in [1.165, 1.54) is 0 Å². The van der Waals surface area contributed by atoms with Crippen molar-refractivity contribution in [2.24, 2.45) is 5.41 Å². The summed E-state index contributed by atoms with van der Waals surface area (Å²) in [5, 5.41) is 8.88. The zero-order chi connectivity index (χ0) is 16.3. The Labute approximate surface area is 136 Å². The molecule has 2 aliphatic heterocycles. The molecule has 0 radical (unpaired) electrons. The third-order valence-corrected chi connectivity index (χ3v) is 4.94. The summed E-state index contributed by atoms with van der Waals surface area (Å²) in [4.78, 5) is 21.3. The van der Waals surface area contributed by atoms with E-state index in [0.29, 0.717) is 25.3 Å². The second kappa shape index (κ2) is 6.55. The molecule has 2 fully saturated rings. The van der Waals surface area contributed by atoms with Gasteiger partial charge in [0.2, 0.25) is 5.91 Å². The summed E-state index contributed by atoms with van der Waals surface area (Å²) in [5.74, 6) is 1.11. The number of piperidine rings is 1. The number of hydrogen-bond donors (Lipinski definition) is 0. The van der Waals surface area contributed by atoms with Crippen molar-refractivity contribution in [2.45, 2.75) is 19.3 Å². The van der Waals surface area contributed by atoms with E-state index in [2.05, 4.69) is 16.0 Å². The van der Waals surface area contributed by atoms with Crippen molar-refractivity contribution in [1.29, 1.82) is 5.26 Å². The Morgan fingerprint density at radius 1 is 1.39 bits per heavy atom. The van der Waals surface area contributed by atoms with Crippen LogP contribution >= 0.6 is 0 Å². The van der Waals surface area contributed by atoms with E-state index in [4.69, 9.17) is 10.00 Å². The topological polar surface area (TPSA) is 69.5 Å². The van der Waals surface area contributed by atoms with Gasteiger partial charge in [-0.15, -0.1) is 0 Å². The molecular weight excluding hydrogens is 292 g/mol. The Hall–Kier alpha value is -2.13. The van der Waals surface area contributed by atoms with Gasteiger partial charge in [0.25, 0.3) is 0 Å². The van der Waals surface area contributed by atoms with E-state index in [9.17, 15) is 4.79 Å². The number of ether oxygens (including phenoxy) is 1. The van der Waals surface area contributed by atoms with Crippen molar-refractivity contribution in [2.75, 3.05) is 44.8 Å². The number of anilines is 1. The van der Waals surface area contributed by atoms with E-state index in [0.717, 1.165) is 38.2 Å². The van der Waals surface area contributed by atoms with Crippen molar-refractivity contribution in [3.63, 3.8) is 0 Å². The summed E-state index contributed by atoms with van der Waals surface area (Å²) >= 11 is 0. The normalized spacial score (nSPS) is 24.3. The van der Waals surface area contributed by atoms with Crippen LogP contribution in [0, 0.1) is 16.7 Å². The second-order valence-corrected chi connectivity index (χ2v) is 6.36. The number of carbonyl (C=O) groups is 1. The minimum Gasteiger partial charge on any atom is -0.383 e. The molecule has 23 heavy (non-hydrogen) atoms. The average Bonchev–Trinajstić information content (AvgIpc) is 2.89. The van der Waals surface area contributed by atoms with E-state index >= 15 is 0 Å². The number of likely N-dealkylation sites (tertiary alicyclic amines) is 1. The maximum Gasteiger partial charge on any atom is 0.230 e. The summed E-state index contributed by atoms with van der Waals surface area (Å²) in [7, 11) is 1.66. The number of methoxy groups -OCH3 is 1. The lowest BCUT2D eigenvalue weighted by Crippen LogP contribution is -2.48. The number of amides is 1. The van der Waals surface area contributed by atoms with Gasteiger partial charge in [-0.1, -0.05) is 0 Å². The standard InChI is InChI=1S/C17H22N4O2/c1-23-10-9-20-8-6-17(16(20)22)5-2-7-21(13-17)15-4-3-14(11-18)12-19-15/h3-4,12H,2,5-10,13H2,1H3. The number of nitriles is 1. The smallest absolute Gasteiger partial charge is 0.230 e. The minimum absolute atomic E-state index is 0.257. The van der Waals surface area contributed by atoms with E-state index in [1.807, 2.05) is 11.0 Å². The van der Waals surface area contributed by atoms with Crippen LogP contribution in [-0.2, 0) is 9.53 Å². The summed E-state index contributed by atoms with van der Waals surface area (Å²) in [6.45, 7) is 3.70. The van der Waals surface area contributed by atoms with Crippen LogP contribution in [0.15, 0.2) is 18.3 Å². The van der Waals surface area contributed by atoms with Crippen LogP contribution in [0.2, 0.25) is 0 Å². The molecule has 1 aromatic rings. The molecule has 1 unspecified atom stereocenters. The molecule has 0 aliphatic carbocycles. The van der Waals surface area contributed by atoms with Crippen molar-refractivity contribution in [3.05, 3.63) is 23.9 Å². The van der Waals surface area contributed by atoms with Crippen LogP contribution in [0.3, 0.4) is 0 Å². The van der Waals surface area contributed by atoms with E-state index in [1.54, 1.807) is 19.4 Å². The highest BCUT2D eigenvalue weighted by Crippen LogP contribution is 2.40. The predicted molar refractivity (Wildman–Crippen MR) is 85.9 cm³/mol. The van der Waals surface area contributed by atoms with Crippen LogP contribution in [0.25, 0.3) is 0 Å². The monoisotopic (exact) mass is 314 g/mol. The minimum atomic E-state index is -0.276. The molecule has 0 aromatic carbocycles. The summed E-state index contributed by atoms with van der Waals surface area (Å²) in [6.07, 6.45) is 4.44. The molecule has 1 atom stereocenters. The second-order valence-electron chi connectivity index (χ2n) is 6.36. The molecule has 0 bridgehead atoms. The number of nitrogens with zero attached hydrogens (tertiary/aromatic N) is 4. The molecule has 3 rings (SSSR count). The van der Waals surface area contributed by atoms with Crippen molar-refractivity contribution >= 4 is 11.7 Å². The van der Waals surface area contributed by atoms with Crippen molar-refractivity contribution in [1.82, 2.24) is 9.88 Å². The third kappa shape index (κ3) is 3.02. The van der Waals surface area contributed by atoms with Gasteiger partial charge < -0.3 is 14.5 Å². The van der Waals surface area contributed by atoms with Crippen LogP contribution in [0.1, 0.15) is 24.8 Å². The first-order valence-corrected chi connectivity index (χ1v) is 8.08. The van der Waals surface area contributed by atoms with Crippen LogP contribution in [0.4, 0.5) is 5.82 Å². The molecule has 1 amide bonds. The van der Waals surface area contributed by atoms with Crippen molar-refractivity contribution in [3.8, 4) is 6.07 Å². The van der Waals surface area contributed by atoms with Gasteiger partial charge in [0, 0.05) is 39.5 Å². The summed E-state index contributed by atoms with van der Waals surface area (Å²) in [5.41, 5.74) is 0.282. The fourth-order valence-electron chi connectivity index (χ4n) is 3.65. The highest BCUT2D eigenvalue weighted by Gasteiger charge is 2.48. The van der Waals surface area contributed by atoms with Gasteiger partial charge in [-0.05, 0) is 31.4 Å². The molecule has 6 nitrogen and oxygen atoms in total. The Balaban J connectivity index is 1.73. The number of hydrogen-bond acceptors (Lipinski definition) is 5. The van der Waals surface area contributed by atoms with Gasteiger partial charge in [-0.2, -0.15) is 5.26 Å². The van der Waals surface area contributed by atoms with E-state index in [-0.39, 0.29) is 11.3 Å². The Morgan fingerprint density at radius 2 is 2.26 bits per heavy atom. The number of carbonyl (C=O) groups excluding carboxylic acids is 1. The maximum absolute atomic E-state index is 12.8. The van der Waals surface area contributed by atoms with Crippen LogP contribution in [-0.4, -0.2) is 55.7 Å². The van der Waals surface area contributed by atoms with Gasteiger partial charge in [-0.25, -0.2) is 4.98 Å². The summed E-state index contributed by atoms with van der Waals surface area (Å²) in [6, 6.07) is 5.74. The molecular formula is C17H22N4O2. The fraction of sp³-hybridized carbons (Fsp3) is 0.588. The molecule has 1 spiro atoms. The van der Waals surface area contributed by atoms with Gasteiger partial charge >= 0.3 is 0 Å². The van der Waals surface area contributed by atoms with Crippen LogP contribution in [0.5, 0.6) is 0 Å². The van der Waals surface area contributed by atoms with Gasteiger partial charge in [0.05, 0.1) is 17.6 Å². The predicted octanol–water partition coefficient (Wildman–Crippen LogP) is 1.42. The lowest BCUT2D eigenvalue weighted by atomic mass is 9.78. The lowest BCUT2D eigenvalue weighted by molar-refractivity contribution is -0.137. The SMILES string of the molecule is COCCN1CCC2(CCCN(c3ccc(C#N)cn3)C2)C1=O. The molecule has 2 saturated heterocycles. The summed E-state index contributed by atoms with van der Waals surface area (Å²) < 4.78 is 5.10. The Bertz CT molecular complexity index is 610. The quantitative estimate of drug-likeness (QED) is 0.840. The van der Waals surface area contributed by atoms with Crippen LogP contribution < -0.4 is 4.90 Å². The molecule has 122 valence electrons. The average molecular weight is 314 g/mol. The van der Waals surface area contributed by atoms with Gasteiger partial charge in [0.1, 0.15) is 11.9 Å². The number of aromatic nitrogens is 1. The van der Waals surface area contributed by atoms with Gasteiger partial charge in [0.15, 0.2) is 0 Å². The molecule has 6 heteroatoms. The molecule has 0 N–H and O–H groups in total. The first-order valence-electron chi connectivity index (χ1n) is 8.08.